The van der Waals surface area contributed by atoms with Crippen LogP contribution in [-0.4, -0.2) is 55.2 Å². The molecule has 2 saturated heterocycles. The molecule has 0 aromatic rings. The van der Waals surface area contributed by atoms with Gasteiger partial charge in [-0.15, -0.1) is 0 Å². The van der Waals surface area contributed by atoms with Gasteiger partial charge in [0.2, 0.25) is 5.91 Å². The van der Waals surface area contributed by atoms with E-state index in [-0.39, 0.29) is 17.5 Å². The molecule has 0 aliphatic carbocycles. The van der Waals surface area contributed by atoms with Crippen molar-refractivity contribution < 1.29 is 14.3 Å². The number of carbonyl (C=O) groups is 2. The van der Waals surface area contributed by atoms with Crippen LogP contribution >= 0.6 is 0 Å². The van der Waals surface area contributed by atoms with Gasteiger partial charge >= 0.3 is 6.09 Å². The van der Waals surface area contributed by atoms with Gasteiger partial charge in [-0.05, 0) is 32.2 Å². The molecule has 0 aromatic carbocycles. The van der Waals surface area contributed by atoms with Gasteiger partial charge in [-0.3, -0.25) is 4.79 Å². The Kier molecular flexibility index (Phi) is 4.86. The lowest BCUT2D eigenvalue weighted by atomic mass is 9.90. The van der Waals surface area contributed by atoms with Crippen LogP contribution in [0, 0.1) is 0 Å². The third kappa shape index (κ3) is 3.06. The van der Waals surface area contributed by atoms with E-state index in [4.69, 9.17) is 0 Å². The summed E-state index contributed by atoms with van der Waals surface area (Å²) in [6, 6.07) is 0.00600. The Morgan fingerprint density at radius 2 is 2.30 bits per heavy atom. The molecule has 20 heavy (non-hydrogen) atoms. The molecule has 2 unspecified atom stereocenters. The fraction of sp³-hybridized carbons (Fsp3) is 0.857. The summed E-state index contributed by atoms with van der Waals surface area (Å²) < 4.78 is 4.60. The zero-order valence-electron chi connectivity index (χ0n) is 12.4. The number of ether oxygens (including phenoxy) is 1. The van der Waals surface area contributed by atoms with Crippen LogP contribution in [0.2, 0.25) is 0 Å². The van der Waals surface area contributed by atoms with Gasteiger partial charge in [0.1, 0.15) is 0 Å². The van der Waals surface area contributed by atoms with Crippen molar-refractivity contribution >= 4 is 12.0 Å². The average molecular weight is 283 g/mol. The molecule has 0 bridgehead atoms. The quantitative estimate of drug-likeness (QED) is 0.803. The highest BCUT2D eigenvalue weighted by molar-refractivity contribution is 5.87. The predicted octanol–water partition coefficient (Wildman–Crippen LogP) is 0.866. The van der Waals surface area contributed by atoms with Gasteiger partial charge in [-0.1, -0.05) is 13.3 Å². The normalized spacial score (nSPS) is 29.5. The number of alkyl carbamates (subject to hydrolysis) is 1. The number of likely N-dealkylation sites (tertiary alicyclic amines) is 1. The smallest absolute Gasteiger partial charge is 0.407 e. The van der Waals surface area contributed by atoms with Crippen LogP contribution in [0.15, 0.2) is 0 Å². The third-order valence-electron chi connectivity index (χ3n) is 4.31. The van der Waals surface area contributed by atoms with Crippen molar-refractivity contribution in [3.63, 3.8) is 0 Å². The van der Waals surface area contributed by atoms with Crippen LogP contribution in [0.25, 0.3) is 0 Å². The standard InChI is InChI=1S/C14H25N3O3/c1-3-6-14(7-4-8-15-14)12(18)17-9-5-11(10-17)16-13(19)20-2/h11,15H,3-10H2,1-2H3,(H,16,19). The number of methoxy groups -OCH3 is 1. The molecule has 2 heterocycles. The fourth-order valence-electron chi connectivity index (χ4n) is 3.33. The summed E-state index contributed by atoms with van der Waals surface area (Å²) >= 11 is 0. The number of hydrogen-bond acceptors (Lipinski definition) is 4. The summed E-state index contributed by atoms with van der Waals surface area (Å²) in [6.07, 6.45) is 4.23. The van der Waals surface area contributed by atoms with Crippen LogP contribution in [0.4, 0.5) is 4.79 Å². The predicted molar refractivity (Wildman–Crippen MR) is 75.4 cm³/mol. The summed E-state index contributed by atoms with van der Waals surface area (Å²) in [5.41, 5.74) is -0.366. The Balaban J connectivity index is 1.94. The third-order valence-corrected chi connectivity index (χ3v) is 4.31. The summed E-state index contributed by atoms with van der Waals surface area (Å²) in [4.78, 5) is 25.9. The van der Waals surface area contributed by atoms with E-state index in [2.05, 4.69) is 22.3 Å². The number of carbonyl (C=O) groups excluding carboxylic acids is 2. The number of amides is 2. The molecular formula is C14H25N3O3. The minimum Gasteiger partial charge on any atom is -0.453 e. The van der Waals surface area contributed by atoms with E-state index in [1.165, 1.54) is 7.11 Å². The first-order valence-corrected chi connectivity index (χ1v) is 7.50. The minimum absolute atomic E-state index is 0.00600. The molecule has 2 atom stereocenters. The zero-order valence-corrected chi connectivity index (χ0v) is 12.4. The second-order valence-electron chi connectivity index (χ2n) is 5.74. The van der Waals surface area contributed by atoms with Crippen molar-refractivity contribution in [2.45, 2.75) is 50.6 Å². The maximum absolute atomic E-state index is 12.8. The molecule has 2 amide bonds. The maximum Gasteiger partial charge on any atom is 0.407 e. The SMILES string of the molecule is CCCC1(C(=O)N2CCC(NC(=O)OC)C2)CCCN1. The minimum atomic E-state index is -0.424. The monoisotopic (exact) mass is 283 g/mol. The van der Waals surface area contributed by atoms with Gasteiger partial charge in [-0.2, -0.15) is 0 Å². The molecule has 114 valence electrons. The molecular weight excluding hydrogens is 258 g/mol. The van der Waals surface area contributed by atoms with Crippen LogP contribution in [-0.2, 0) is 9.53 Å². The topological polar surface area (TPSA) is 70.7 Å². The van der Waals surface area contributed by atoms with E-state index in [0.29, 0.717) is 13.1 Å². The molecule has 0 saturated carbocycles. The summed E-state index contributed by atoms with van der Waals surface area (Å²) in [5.74, 6) is 0.200. The Hall–Kier alpha value is -1.30. The van der Waals surface area contributed by atoms with Crippen molar-refractivity contribution in [2.24, 2.45) is 0 Å². The lowest BCUT2D eigenvalue weighted by molar-refractivity contribution is -0.137. The van der Waals surface area contributed by atoms with Crippen molar-refractivity contribution in [3.8, 4) is 0 Å². The summed E-state index contributed by atoms with van der Waals surface area (Å²) in [6.45, 7) is 4.33. The van der Waals surface area contributed by atoms with Gasteiger partial charge in [0.25, 0.3) is 0 Å². The number of hydrogen-bond donors (Lipinski definition) is 2. The molecule has 2 fully saturated rings. The summed E-state index contributed by atoms with van der Waals surface area (Å²) in [5, 5.41) is 6.18. The number of nitrogens with zero attached hydrogens (tertiary/aromatic N) is 1. The first kappa shape index (κ1) is 15.1. The van der Waals surface area contributed by atoms with Crippen LogP contribution in [0.3, 0.4) is 0 Å². The van der Waals surface area contributed by atoms with Gasteiger partial charge in [0.05, 0.1) is 18.7 Å². The molecule has 0 radical (unpaired) electrons. The van der Waals surface area contributed by atoms with E-state index in [9.17, 15) is 9.59 Å². The highest BCUT2D eigenvalue weighted by Crippen LogP contribution is 2.28. The Bertz CT molecular complexity index is 367. The average Bonchev–Trinajstić information content (AvgIpc) is 3.08. The largest absolute Gasteiger partial charge is 0.453 e. The van der Waals surface area contributed by atoms with Gasteiger partial charge in [0.15, 0.2) is 0 Å². The van der Waals surface area contributed by atoms with E-state index in [1.54, 1.807) is 0 Å². The molecule has 2 aliphatic rings. The Labute approximate surface area is 120 Å². The molecule has 2 aliphatic heterocycles. The van der Waals surface area contributed by atoms with Crippen molar-refractivity contribution in [3.05, 3.63) is 0 Å². The first-order chi connectivity index (χ1) is 9.61. The Morgan fingerprint density at radius 3 is 2.90 bits per heavy atom. The summed E-state index contributed by atoms with van der Waals surface area (Å²) in [7, 11) is 1.35. The van der Waals surface area contributed by atoms with E-state index in [1.807, 2.05) is 4.90 Å². The van der Waals surface area contributed by atoms with Crippen molar-refractivity contribution in [1.29, 1.82) is 0 Å². The zero-order chi connectivity index (χ0) is 14.6. The van der Waals surface area contributed by atoms with Gasteiger partial charge in [0, 0.05) is 13.1 Å². The van der Waals surface area contributed by atoms with Crippen molar-refractivity contribution in [2.75, 3.05) is 26.7 Å². The lowest BCUT2D eigenvalue weighted by Crippen LogP contribution is -2.54. The number of rotatable bonds is 4. The molecule has 2 N–H and O–H groups in total. The molecule has 0 aromatic heterocycles. The molecule has 6 nitrogen and oxygen atoms in total. The maximum atomic E-state index is 12.8. The van der Waals surface area contributed by atoms with Crippen molar-refractivity contribution in [1.82, 2.24) is 15.5 Å². The van der Waals surface area contributed by atoms with Crippen LogP contribution in [0.5, 0.6) is 0 Å². The number of nitrogens with one attached hydrogen (secondary N) is 2. The van der Waals surface area contributed by atoms with Crippen LogP contribution in [0.1, 0.15) is 39.0 Å². The highest BCUT2D eigenvalue weighted by Gasteiger charge is 2.44. The second-order valence-corrected chi connectivity index (χ2v) is 5.74. The van der Waals surface area contributed by atoms with E-state index < -0.39 is 6.09 Å². The van der Waals surface area contributed by atoms with E-state index in [0.717, 1.165) is 38.6 Å². The molecule has 0 spiro atoms. The van der Waals surface area contributed by atoms with Gasteiger partial charge in [-0.25, -0.2) is 4.79 Å². The van der Waals surface area contributed by atoms with Gasteiger partial charge < -0.3 is 20.3 Å². The van der Waals surface area contributed by atoms with E-state index >= 15 is 0 Å². The second kappa shape index (κ2) is 6.43. The molecule has 6 heteroatoms. The first-order valence-electron chi connectivity index (χ1n) is 7.50. The highest BCUT2D eigenvalue weighted by atomic mass is 16.5. The lowest BCUT2D eigenvalue weighted by Gasteiger charge is -2.32. The fourth-order valence-corrected chi connectivity index (χ4v) is 3.33. The molecule has 2 rings (SSSR count). The Morgan fingerprint density at radius 1 is 1.50 bits per heavy atom. The van der Waals surface area contributed by atoms with Crippen LogP contribution < -0.4 is 10.6 Å².